The van der Waals surface area contributed by atoms with Crippen LogP contribution in [-0.4, -0.2) is 33.8 Å². The van der Waals surface area contributed by atoms with Crippen LogP contribution in [0.3, 0.4) is 0 Å². The Labute approximate surface area is 152 Å². The van der Waals surface area contributed by atoms with Gasteiger partial charge in [0.25, 0.3) is 0 Å². The summed E-state index contributed by atoms with van der Waals surface area (Å²) in [5, 5.41) is 11.3. The number of amides is 1. The van der Waals surface area contributed by atoms with E-state index in [-0.39, 0.29) is 18.9 Å². The molecule has 0 unspecified atom stereocenters. The topological polar surface area (TPSA) is 89.8 Å². The van der Waals surface area contributed by atoms with Crippen molar-refractivity contribution in [2.45, 2.75) is 6.42 Å². The fourth-order valence-electron chi connectivity index (χ4n) is 2.38. The molecule has 0 saturated carbocycles. The van der Waals surface area contributed by atoms with Crippen molar-refractivity contribution in [3.63, 3.8) is 0 Å². The first-order valence-electron chi connectivity index (χ1n) is 7.79. The molecule has 136 valence electrons. The highest BCUT2D eigenvalue weighted by Crippen LogP contribution is 2.38. The Bertz CT molecular complexity index is 772. The minimum absolute atomic E-state index is 0.0210. The van der Waals surface area contributed by atoms with Crippen LogP contribution in [-0.2, 0) is 11.2 Å². The van der Waals surface area contributed by atoms with Crippen LogP contribution in [0.25, 0.3) is 0 Å². The van der Waals surface area contributed by atoms with Gasteiger partial charge in [0.2, 0.25) is 11.7 Å². The molecule has 0 aliphatic rings. The van der Waals surface area contributed by atoms with E-state index in [0.29, 0.717) is 28.7 Å². The summed E-state index contributed by atoms with van der Waals surface area (Å²) in [5.74, 6) is 1.84. The highest BCUT2D eigenvalue weighted by molar-refractivity contribution is 5.92. The van der Waals surface area contributed by atoms with Gasteiger partial charge in [0.1, 0.15) is 11.8 Å². The minimum Gasteiger partial charge on any atom is -0.493 e. The number of hydrogen-bond donors (Lipinski definition) is 1. The van der Waals surface area contributed by atoms with E-state index in [1.807, 2.05) is 6.07 Å². The average molecular weight is 356 g/mol. The fraction of sp³-hybridized carbons (Fsp3) is 0.263. The molecule has 1 amide bonds. The Balaban J connectivity index is 2.06. The van der Waals surface area contributed by atoms with Crippen molar-refractivity contribution < 1.29 is 23.7 Å². The maximum absolute atomic E-state index is 12.3. The molecule has 2 aromatic rings. The van der Waals surface area contributed by atoms with E-state index in [0.717, 1.165) is 5.56 Å². The van der Waals surface area contributed by atoms with E-state index < -0.39 is 0 Å². The normalized spacial score (nSPS) is 9.77. The lowest BCUT2D eigenvalue weighted by Crippen LogP contribution is -2.14. The molecule has 1 N–H and O–H groups in total. The first kappa shape index (κ1) is 18.9. The number of anilines is 1. The van der Waals surface area contributed by atoms with Crippen LogP contribution in [0, 0.1) is 11.3 Å². The molecule has 7 heteroatoms. The van der Waals surface area contributed by atoms with Crippen LogP contribution in [0.4, 0.5) is 5.69 Å². The lowest BCUT2D eigenvalue weighted by atomic mass is 10.1. The zero-order valence-corrected chi connectivity index (χ0v) is 14.9. The van der Waals surface area contributed by atoms with E-state index >= 15 is 0 Å². The molecule has 0 fully saturated rings. The number of benzene rings is 2. The number of rotatable bonds is 8. The molecule has 0 saturated heterocycles. The van der Waals surface area contributed by atoms with Gasteiger partial charge in [-0.15, -0.1) is 0 Å². The van der Waals surface area contributed by atoms with Crippen LogP contribution in [0.15, 0.2) is 36.4 Å². The average Bonchev–Trinajstić information content (AvgIpc) is 2.66. The van der Waals surface area contributed by atoms with Crippen molar-refractivity contribution in [2.24, 2.45) is 0 Å². The molecular weight excluding hydrogens is 336 g/mol. The Morgan fingerprint density at radius 1 is 1.04 bits per heavy atom. The Hall–Kier alpha value is -3.40. The molecule has 0 spiro atoms. The molecule has 2 rings (SSSR count). The maximum atomic E-state index is 12.3. The van der Waals surface area contributed by atoms with Crippen LogP contribution in [0.5, 0.6) is 23.0 Å². The second-order valence-electron chi connectivity index (χ2n) is 5.23. The molecule has 0 aliphatic carbocycles. The van der Waals surface area contributed by atoms with Gasteiger partial charge in [-0.05, 0) is 42.0 Å². The number of nitrogens with zero attached hydrogens (tertiary/aromatic N) is 1. The lowest BCUT2D eigenvalue weighted by Gasteiger charge is -2.14. The molecule has 0 radical (unpaired) electrons. The molecule has 0 aromatic heterocycles. The number of ether oxygens (including phenoxy) is 4. The van der Waals surface area contributed by atoms with Gasteiger partial charge in [-0.1, -0.05) is 0 Å². The van der Waals surface area contributed by atoms with Crippen LogP contribution >= 0.6 is 0 Å². The molecule has 2 aromatic carbocycles. The van der Waals surface area contributed by atoms with Crippen molar-refractivity contribution in [3.05, 3.63) is 42.0 Å². The van der Waals surface area contributed by atoms with Gasteiger partial charge in [-0.25, -0.2) is 0 Å². The molecule has 0 bridgehead atoms. The Morgan fingerprint density at radius 3 is 2.15 bits per heavy atom. The van der Waals surface area contributed by atoms with Gasteiger partial charge < -0.3 is 24.3 Å². The number of methoxy groups -OCH3 is 3. The summed E-state index contributed by atoms with van der Waals surface area (Å²) in [7, 11) is 4.57. The number of carbonyl (C=O) groups is 1. The van der Waals surface area contributed by atoms with Crippen molar-refractivity contribution in [1.82, 2.24) is 0 Å². The minimum atomic E-state index is -0.190. The number of hydrogen-bond acceptors (Lipinski definition) is 6. The summed E-state index contributed by atoms with van der Waals surface area (Å²) >= 11 is 0. The van der Waals surface area contributed by atoms with Crippen molar-refractivity contribution in [2.75, 3.05) is 33.3 Å². The number of nitriles is 1. The molecular formula is C19H20N2O5. The zero-order chi connectivity index (χ0) is 18.9. The van der Waals surface area contributed by atoms with Gasteiger partial charge >= 0.3 is 0 Å². The van der Waals surface area contributed by atoms with E-state index in [1.54, 1.807) is 36.4 Å². The van der Waals surface area contributed by atoms with Gasteiger partial charge in [0.15, 0.2) is 18.1 Å². The summed E-state index contributed by atoms with van der Waals surface area (Å²) in [6.45, 7) is -0.0210. The quantitative estimate of drug-likeness (QED) is 0.782. The Morgan fingerprint density at radius 2 is 1.65 bits per heavy atom. The molecule has 7 nitrogen and oxygen atoms in total. The molecule has 0 aliphatic heterocycles. The Kier molecular flexibility index (Phi) is 6.68. The van der Waals surface area contributed by atoms with Gasteiger partial charge in [0.05, 0.1) is 27.8 Å². The van der Waals surface area contributed by atoms with Gasteiger partial charge in [-0.3, -0.25) is 4.79 Å². The van der Waals surface area contributed by atoms with Crippen LogP contribution in [0.2, 0.25) is 0 Å². The summed E-state index contributed by atoms with van der Waals surface area (Å²) < 4.78 is 21.0. The summed E-state index contributed by atoms with van der Waals surface area (Å²) in [6.07, 6.45) is 0.142. The smallest absolute Gasteiger partial charge is 0.228 e. The second-order valence-corrected chi connectivity index (χ2v) is 5.23. The molecule has 0 heterocycles. The zero-order valence-electron chi connectivity index (χ0n) is 14.9. The largest absolute Gasteiger partial charge is 0.493 e. The highest BCUT2D eigenvalue weighted by atomic mass is 16.5. The highest BCUT2D eigenvalue weighted by Gasteiger charge is 2.15. The third-order valence-electron chi connectivity index (χ3n) is 3.53. The third kappa shape index (κ3) is 4.80. The second kappa shape index (κ2) is 9.18. The summed E-state index contributed by atoms with van der Waals surface area (Å²) in [6, 6.07) is 12.2. The predicted octanol–water partition coefficient (Wildman–Crippen LogP) is 2.80. The van der Waals surface area contributed by atoms with Crippen LogP contribution in [0.1, 0.15) is 5.56 Å². The number of carbonyl (C=O) groups excluding carboxylic acids is 1. The van der Waals surface area contributed by atoms with E-state index in [2.05, 4.69) is 5.32 Å². The predicted molar refractivity (Wildman–Crippen MR) is 96.0 cm³/mol. The standard InChI is InChI=1S/C19H20N2O5/c1-23-16-10-13(11-17(24-2)19(16)25-3)12-18(22)21-14-4-6-15(7-5-14)26-9-8-20/h4-7,10-11H,9,12H2,1-3H3,(H,21,22). The third-order valence-corrected chi connectivity index (χ3v) is 3.53. The van der Waals surface area contributed by atoms with Crippen molar-refractivity contribution in [1.29, 1.82) is 5.26 Å². The SMILES string of the molecule is COc1cc(CC(=O)Nc2ccc(OCC#N)cc2)cc(OC)c1OC. The van der Waals surface area contributed by atoms with E-state index in [1.165, 1.54) is 21.3 Å². The number of nitrogens with one attached hydrogen (secondary N) is 1. The van der Waals surface area contributed by atoms with E-state index in [9.17, 15) is 4.79 Å². The summed E-state index contributed by atoms with van der Waals surface area (Å²) in [4.78, 5) is 12.3. The molecule has 26 heavy (non-hydrogen) atoms. The van der Waals surface area contributed by atoms with Crippen molar-refractivity contribution in [3.8, 4) is 29.1 Å². The first-order chi connectivity index (χ1) is 12.6. The molecule has 0 atom stereocenters. The fourth-order valence-corrected chi connectivity index (χ4v) is 2.38. The monoisotopic (exact) mass is 356 g/mol. The first-order valence-corrected chi connectivity index (χ1v) is 7.79. The summed E-state index contributed by atoms with van der Waals surface area (Å²) in [5.41, 5.74) is 1.36. The van der Waals surface area contributed by atoms with E-state index in [4.69, 9.17) is 24.2 Å². The lowest BCUT2D eigenvalue weighted by molar-refractivity contribution is -0.115. The van der Waals surface area contributed by atoms with Crippen LogP contribution < -0.4 is 24.3 Å². The van der Waals surface area contributed by atoms with Crippen molar-refractivity contribution >= 4 is 11.6 Å². The van der Waals surface area contributed by atoms with Gasteiger partial charge in [-0.2, -0.15) is 5.26 Å². The van der Waals surface area contributed by atoms with Gasteiger partial charge in [0, 0.05) is 5.69 Å². The maximum Gasteiger partial charge on any atom is 0.228 e.